The van der Waals surface area contributed by atoms with Crippen molar-refractivity contribution in [2.75, 3.05) is 32.5 Å². The van der Waals surface area contributed by atoms with Crippen molar-refractivity contribution in [3.63, 3.8) is 0 Å². The number of anilines is 1. The molecule has 0 spiro atoms. The number of piperidine rings is 1. The van der Waals surface area contributed by atoms with Crippen LogP contribution in [0, 0.1) is 5.41 Å². The first-order valence-electron chi connectivity index (χ1n) is 7.22. The van der Waals surface area contributed by atoms with Gasteiger partial charge in [0.15, 0.2) is 0 Å². The molecule has 2 rings (SSSR count). The summed E-state index contributed by atoms with van der Waals surface area (Å²) in [6, 6.07) is 3.17. The number of aliphatic carboxylic acids is 1. The van der Waals surface area contributed by atoms with Gasteiger partial charge in [-0.05, 0) is 31.4 Å². The maximum atomic E-state index is 12.5. The topological polar surface area (TPSA) is 106 Å². The van der Waals surface area contributed by atoms with Crippen molar-refractivity contribution in [3.8, 4) is 0 Å². The van der Waals surface area contributed by atoms with E-state index in [0.717, 1.165) is 0 Å². The van der Waals surface area contributed by atoms with Gasteiger partial charge < -0.3 is 20.5 Å². The zero-order valence-corrected chi connectivity index (χ0v) is 12.6. The third-order valence-corrected chi connectivity index (χ3v) is 4.14. The first-order valence-corrected chi connectivity index (χ1v) is 7.22. The molecule has 0 bridgehead atoms. The van der Waals surface area contributed by atoms with Crippen LogP contribution in [0.2, 0.25) is 0 Å². The highest BCUT2D eigenvalue weighted by Gasteiger charge is 2.43. The Morgan fingerprint density at radius 3 is 2.86 bits per heavy atom. The summed E-state index contributed by atoms with van der Waals surface area (Å²) in [5.41, 5.74) is 4.99. The van der Waals surface area contributed by atoms with Gasteiger partial charge in [-0.3, -0.25) is 9.59 Å². The van der Waals surface area contributed by atoms with Crippen LogP contribution >= 0.6 is 0 Å². The van der Waals surface area contributed by atoms with Crippen LogP contribution in [0.4, 0.5) is 5.82 Å². The van der Waals surface area contributed by atoms with Crippen molar-refractivity contribution in [2.45, 2.75) is 19.3 Å². The van der Waals surface area contributed by atoms with Gasteiger partial charge in [0.2, 0.25) is 0 Å². The number of ether oxygens (including phenoxy) is 1. The van der Waals surface area contributed by atoms with Crippen molar-refractivity contribution in [3.05, 3.63) is 23.9 Å². The molecule has 1 amide bonds. The summed E-state index contributed by atoms with van der Waals surface area (Å²) in [6.07, 6.45) is 3.02. The lowest BCUT2D eigenvalue weighted by atomic mass is 9.77. The number of likely N-dealkylation sites (tertiary alicyclic amines) is 1. The Hall–Kier alpha value is -2.15. The second-order valence-corrected chi connectivity index (χ2v) is 5.63. The summed E-state index contributed by atoms with van der Waals surface area (Å²) in [5.74, 6) is -0.747. The smallest absolute Gasteiger partial charge is 0.311 e. The molecular weight excluding hydrogens is 286 g/mol. The molecule has 0 saturated carbocycles. The molecule has 2 heterocycles. The molecule has 1 fully saturated rings. The minimum absolute atomic E-state index is 0.189. The van der Waals surface area contributed by atoms with Gasteiger partial charge in [-0.2, -0.15) is 0 Å². The Morgan fingerprint density at radius 2 is 2.27 bits per heavy atom. The largest absolute Gasteiger partial charge is 0.481 e. The van der Waals surface area contributed by atoms with Crippen molar-refractivity contribution in [1.29, 1.82) is 0 Å². The highest BCUT2D eigenvalue weighted by molar-refractivity contribution is 5.94. The number of amides is 1. The number of aromatic nitrogens is 1. The van der Waals surface area contributed by atoms with E-state index in [1.165, 1.54) is 6.20 Å². The van der Waals surface area contributed by atoms with E-state index >= 15 is 0 Å². The Morgan fingerprint density at radius 1 is 1.50 bits per heavy atom. The van der Waals surface area contributed by atoms with E-state index in [1.807, 2.05) is 0 Å². The second kappa shape index (κ2) is 6.74. The third kappa shape index (κ3) is 3.36. The number of hydrogen-bond donors (Lipinski definition) is 2. The number of nitrogen functional groups attached to an aromatic ring is 1. The maximum absolute atomic E-state index is 12.5. The Bertz CT molecular complexity index is 546. The van der Waals surface area contributed by atoms with Crippen LogP contribution in [0.25, 0.3) is 0 Å². The molecule has 0 aromatic carbocycles. The number of carbonyl (C=O) groups excluding carboxylic acids is 1. The monoisotopic (exact) mass is 307 g/mol. The molecule has 22 heavy (non-hydrogen) atoms. The normalized spacial score (nSPS) is 21.6. The van der Waals surface area contributed by atoms with Crippen molar-refractivity contribution < 1.29 is 19.4 Å². The van der Waals surface area contributed by atoms with E-state index in [4.69, 9.17) is 10.5 Å². The summed E-state index contributed by atoms with van der Waals surface area (Å²) in [6.45, 7) is 1.10. The van der Waals surface area contributed by atoms with E-state index in [1.54, 1.807) is 24.1 Å². The number of rotatable bonds is 5. The highest BCUT2D eigenvalue weighted by atomic mass is 16.5. The molecule has 7 nitrogen and oxygen atoms in total. The van der Waals surface area contributed by atoms with E-state index in [2.05, 4.69) is 4.98 Å². The molecule has 3 N–H and O–H groups in total. The number of methoxy groups -OCH3 is 1. The molecule has 120 valence electrons. The number of nitrogens with zero attached hydrogens (tertiary/aromatic N) is 2. The van der Waals surface area contributed by atoms with Gasteiger partial charge in [-0.15, -0.1) is 0 Å². The van der Waals surface area contributed by atoms with Crippen molar-refractivity contribution in [2.24, 2.45) is 5.41 Å². The first-order chi connectivity index (χ1) is 10.5. The van der Waals surface area contributed by atoms with E-state index in [9.17, 15) is 14.7 Å². The third-order valence-electron chi connectivity index (χ3n) is 4.14. The van der Waals surface area contributed by atoms with E-state index in [-0.39, 0.29) is 12.5 Å². The second-order valence-electron chi connectivity index (χ2n) is 5.63. The fourth-order valence-corrected chi connectivity index (χ4v) is 2.80. The molecule has 1 saturated heterocycles. The zero-order chi connectivity index (χ0) is 16.2. The number of carboxylic acid groups (broad SMARTS) is 1. The predicted molar refractivity (Wildman–Crippen MR) is 80.3 cm³/mol. The van der Waals surface area contributed by atoms with Gasteiger partial charge in [-0.1, -0.05) is 0 Å². The van der Waals surface area contributed by atoms with Crippen LogP contribution in [-0.4, -0.2) is 53.7 Å². The number of pyridine rings is 1. The molecular formula is C15H21N3O4. The highest BCUT2D eigenvalue weighted by Crippen LogP contribution is 2.34. The van der Waals surface area contributed by atoms with Crippen LogP contribution in [0.3, 0.4) is 0 Å². The lowest BCUT2D eigenvalue weighted by Crippen LogP contribution is -2.50. The molecule has 1 atom stereocenters. The maximum Gasteiger partial charge on any atom is 0.311 e. The molecule has 1 aromatic heterocycles. The molecule has 7 heteroatoms. The van der Waals surface area contributed by atoms with Gasteiger partial charge in [0, 0.05) is 33.0 Å². The van der Waals surface area contributed by atoms with Crippen molar-refractivity contribution in [1.82, 2.24) is 9.88 Å². The lowest BCUT2D eigenvalue weighted by molar-refractivity contribution is -0.153. The summed E-state index contributed by atoms with van der Waals surface area (Å²) in [7, 11) is 1.54. The van der Waals surface area contributed by atoms with Gasteiger partial charge in [0.05, 0.1) is 11.0 Å². The van der Waals surface area contributed by atoms with E-state index < -0.39 is 11.4 Å². The first kappa shape index (κ1) is 16.2. The Kier molecular flexibility index (Phi) is 4.97. The number of carboxylic acids is 1. The molecule has 1 aliphatic heterocycles. The predicted octanol–water partition coefficient (Wildman–Crippen LogP) is 1.01. The van der Waals surface area contributed by atoms with Crippen LogP contribution in [-0.2, 0) is 9.53 Å². The SMILES string of the molecule is COCCC1(C(=O)O)CCCN(C(=O)c2ccc(N)nc2)C1. The number of nitrogens with two attached hydrogens (primary N) is 1. The summed E-state index contributed by atoms with van der Waals surface area (Å²) < 4.78 is 5.02. The zero-order valence-electron chi connectivity index (χ0n) is 12.6. The van der Waals surface area contributed by atoms with Gasteiger partial charge in [0.1, 0.15) is 5.82 Å². The molecule has 1 unspecified atom stereocenters. The average Bonchev–Trinajstić information content (AvgIpc) is 2.53. The molecule has 0 aliphatic carbocycles. The van der Waals surface area contributed by atoms with Crippen LogP contribution in [0.5, 0.6) is 0 Å². The van der Waals surface area contributed by atoms with Crippen LogP contribution < -0.4 is 5.73 Å². The van der Waals surface area contributed by atoms with Gasteiger partial charge in [0.25, 0.3) is 5.91 Å². The fraction of sp³-hybridized carbons (Fsp3) is 0.533. The lowest BCUT2D eigenvalue weighted by Gasteiger charge is -2.39. The average molecular weight is 307 g/mol. The summed E-state index contributed by atoms with van der Waals surface area (Å²) >= 11 is 0. The fourth-order valence-electron chi connectivity index (χ4n) is 2.80. The quantitative estimate of drug-likeness (QED) is 0.841. The van der Waals surface area contributed by atoms with Gasteiger partial charge >= 0.3 is 5.97 Å². The molecule has 0 radical (unpaired) electrons. The Labute approximate surface area is 129 Å². The Balaban J connectivity index is 2.16. The van der Waals surface area contributed by atoms with E-state index in [0.29, 0.717) is 43.8 Å². The minimum atomic E-state index is -0.939. The van der Waals surface area contributed by atoms with Crippen LogP contribution in [0.15, 0.2) is 18.3 Å². The summed E-state index contributed by atoms with van der Waals surface area (Å²) in [4.78, 5) is 29.7. The van der Waals surface area contributed by atoms with Crippen LogP contribution in [0.1, 0.15) is 29.6 Å². The number of hydrogen-bond acceptors (Lipinski definition) is 5. The molecule has 1 aliphatic rings. The van der Waals surface area contributed by atoms with Gasteiger partial charge in [-0.25, -0.2) is 4.98 Å². The summed E-state index contributed by atoms with van der Waals surface area (Å²) in [5, 5.41) is 9.60. The number of carbonyl (C=O) groups is 2. The van der Waals surface area contributed by atoms with Crippen molar-refractivity contribution >= 4 is 17.7 Å². The standard InChI is InChI=1S/C15H21N3O4/c1-22-8-6-15(14(20)21)5-2-7-18(10-15)13(19)11-3-4-12(16)17-9-11/h3-4,9H,2,5-8,10H2,1H3,(H2,16,17)(H,20,21). The molecule has 1 aromatic rings. The minimum Gasteiger partial charge on any atom is -0.481 e.